The average Bonchev–Trinajstić information content (AvgIpc) is 2.14. The van der Waals surface area contributed by atoms with Gasteiger partial charge in [-0.3, -0.25) is 0 Å². The van der Waals surface area contributed by atoms with Crippen LogP contribution in [0.25, 0.3) is 0 Å². The first-order valence-corrected chi connectivity index (χ1v) is 6.14. The number of piperidine rings is 1. The molecule has 82 valence electrons. The number of hydrogen-bond donors (Lipinski definition) is 1. The summed E-state index contributed by atoms with van der Waals surface area (Å²) in [5.74, 6) is 1.03. The van der Waals surface area contributed by atoms with Gasteiger partial charge in [-0.15, -0.1) is 0 Å². The van der Waals surface area contributed by atoms with Gasteiger partial charge in [0, 0.05) is 6.54 Å². The maximum atomic E-state index is 5.80. The van der Waals surface area contributed by atoms with E-state index in [1.165, 1.54) is 51.7 Å². The summed E-state index contributed by atoms with van der Waals surface area (Å²) in [4.78, 5) is 2.65. The molecule has 1 saturated heterocycles. The van der Waals surface area contributed by atoms with Crippen molar-refractivity contribution in [3.05, 3.63) is 0 Å². The van der Waals surface area contributed by atoms with Crippen molar-refractivity contribution in [3.8, 4) is 0 Å². The van der Waals surface area contributed by atoms with Crippen LogP contribution < -0.4 is 5.73 Å². The van der Waals surface area contributed by atoms with E-state index >= 15 is 0 Å². The molecule has 14 heavy (non-hydrogen) atoms. The summed E-state index contributed by atoms with van der Waals surface area (Å²) in [5.41, 5.74) is 6.24. The molecule has 0 atom stereocenters. The normalized spacial score (nSPS) is 28.7. The van der Waals surface area contributed by atoms with Gasteiger partial charge in [-0.25, -0.2) is 0 Å². The third kappa shape index (κ3) is 2.29. The van der Waals surface area contributed by atoms with Crippen LogP contribution in [-0.4, -0.2) is 31.1 Å². The summed E-state index contributed by atoms with van der Waals surface area (Å²) in [6, 6.07) is 0. The Bertz CT molecular complexity index is 179. The predicted octanol–water partition coefficient (Wildman–Crippen LogP) is 1.85. The van der Waals surface area contributed by atoms with Crippen molar-refractivity contribution in [2.45, 2.75) is 39.0 Å². The molecule has 1 aliphatic carbocycles. The number of likely N-dealkylation sites (tertiary alicyclic amines) is 1. The predicted molar refractivity (Wildman–Crippen MR) is 60.2 cm³/mol. The number of nitrogens with zero attached hydrogens (tertiary/aromatic N) is 1. The molecule has 0 amide bonds. The first kappa shape index (κ1) is 10.4. The van der Waals surface area contributed by atoms with E-state index in [0.29, 0.717) is 5.41 Å². The van der Waals surface area contributed by atoms with Crippen LogP contribution in [0, 0.1) is 11.3 Å². The molecule has 0 spiro atoms. The highest BCUT2D eigenvalue weighted by Crippen LogP contribution is 2.32. The highest BCUT2D eigenvalue weighted by atomic mass is 15.1. The minimum Gasteiger partial charge on any atom is -0.330 e. The lowest BCUT2D eigenvalue weighted by atomic mass is 9.79. The first-order valence-electron chi connectivity index (χ1n) is 6.14. The Labute approximate surface area is 87.8 Å². The molecule has 0 aromatic heterocycles. The van der Waals surface area contributed by atoms with Crippen molar-refractivity contribution >= 4 is 0 Å². The van der Waals surface area contributed by atoms with Crippen molar-refractivity contribution in [3.63, 3.8) is 0 Å². The molecule has 0 aromatic carbocycles. The van der Waals surface area contributed by atoms with Crippen molar-refractivity contribution in [2.75, 3.05) is 26.2 Å². The van der Waals surface area contributed by atoms with Gasteiger partial charge in [0.05, 0.1) is 0 Å². The van der Waals surface area contributed by atoms with Crippen LogP contribution in [0.2, 0.25) is 0 Å². The Morgan fingerprint density at radius 1 is 1.29 bits per heavy atom. The molecule has 1 heterocycles. The molecule has 2 aliphatic rings. The van der Waals surface area contributed by atoms with E-state index < -0.39 is 0 Å². The lowest BCUT2D eigenvalue weighted by Crippen LogP contribution is -2.44. The van der Waals surface area contributed by atoms with Gasteiger partial charge in [-0.05, 0) is 56.7 Å². The maximum Gasteiger partial charge on any atom is 0.000966 e. The Morgan fingerprint density at radius 2 is 1.93 bits per heavy atom. The van der Waals surface area contributed by atoms with E-state index in [2.05, 4.69) is 11.8 Å². The Balaban J connectivity index is 1.72. The van der Waals surface area contributed by atoms with E-state index in [1.54, 1.807) is 0 Å². The number of rotatable bonds is 3. The van der Waals surface area contributed by atoms with Crippen LogP contribution in [-0.2, 0) is 0 Å². The zero-order valence-corrected chi connectivity index (χ0v) is 9.47. The Hall–Kier alpha value is -0.0800. The van der Waals surface area contributed by atoms with Gasteiger partial charge in [-0.1, -0.05) is 13.3 Å². The SMILES string of the molecule is CC1(CN)CCN(CC2CCC2)CC1. The quantitative estimate of drug-likeness (QED) is 0.746. The zero-order chi connectivity index (χ0) is 10.0. The second-order valence-electron chi connectivity index (χ2n) is 5.61. The lowest BCUT2D eigenvalue weighted by Gasteiger charge is -2.41. The van der Waals surface area contributed by atoms with Gasteiger partial charge < -0.3 is 10.6 Å². The highest BCUT2D eigenvalue weighted by Gasteiger charge is 2.30. The molecule has 2 N–H and O–H groups in total. The second kappa shape index (κ2) is 4.19. The molecule has 2 heteroatoms. The fourth-order valence-electron chi connectivity index (χ4n) is 2.52. The highest BCUT2D eigenvalue weighted by molar-refractivity contribution is 4.84. The number of hydrogen-bond acceptors (Lipinski definition) is 2. The van der Waals surface area contributed by atoms with Gasteiger partial charge in [0.15, 0.2) is 0 Å². The fourth-order valence-corrected chi connectivity index (χ4v) is 2.52. The molecule has 0 aromatic rings. The molecule has 0 radical (unpaired) electrons. The minimum atomic E-state index is 0.441. The summed E-state index contributed by atoms with van der Waals surface area (Å²) < 4.78 is 0. The van der Waals surface area contributed by atoms with E-state index in [0.717, 1.165) is 12.5 Å². The molecular formula is C12H24N2. The summed E-state index contributed by atoms with van der Waals surface area (Å²) in [6.07, 6.45) is 7.03. The summed E-state index contributed by atoms with van der Waals surface area (Å²) in [5, 5.41) is 0. The fraction of sp³-hybridized carbons (Fsp3) is 1.00. The molecular weight excluding hydrogens is 172 g/mol. The lowest BCUT2D eigenvalue weighted by molar-refractivity contribution is 0.0934. The van der Waals surface area contributed by atoms with Crippen LogP contribution in [0.3, 0.4) is 0 Å². The second-order valence-corrected chi connectivity index (χ2v) is 5.61. The molecule has 2 rings (SSSR count). The van der Waals surface area contributed by atoms with E-state index in [4.69, 9.17) is 5.73 Å². The Kier molecular flexibility index (Phi) is 3.13. The molecule has 1 aliphatic heterocycles. The average molecular weight is 196 g/mol. The standard InChI is InChI=1S/C12H24N2/c1-12(10-13)5-7-14(8-6-12)9-11-3-2-4-11/h11H,2-10,13H2,1H3. The smallest absolute Gasteiger partial charge is 0.000966 e. The monoisotopic (exact) mass is 196 g/mol. The summed E-state index contributed by atoms with van der Waals surface area (Å²) in [6.45, 7) is 7.13. The maximum absolute atomic E-state index is 5.80. The molecule has 2 fully saturated rings. The Morgan fingerprint density at radius 3 is 2.36 bits per heavy atom. The van der Waals surface area contributed by atoms with Crippen LogP contribution in [0.4, 0.5) is 0 Å². The van der Waals surface area contributed by atoms with Gasteiger partial charge in [0.2, 0.25) is 0 Å². The summed E-state index contributed by atoms with van der Waals surface area (Å²) >= 11 is 0. The first-order chi connectivity index (χ1) is 6.72. The van der Waals surface area contributed by atoms with Gasteiger partial charge in [0.25, 0.3) is 0 Å². The topological polar surface area (TPSA) is 29.3 Å². The van der Waals surface area contributed by atoms with Crippen LogP contribution >= 0.6 is 0 Å². The summed E-state index contributed by atoms with van der Waals surface area (Å²) in [7, 11) is 0. The minimum absolute atomic E-state index is 0.441. The third-order valence-corrected chi connectivity index (χ3v) is 4.30. The van der Waals surface area contributed by atoms with Crippen molar-refractivity contribution in [2.24, 2.45) is 17.1 Å². The number of nitrogens with two attached hydrogens (primary N) is 1. The molecule has 0 unspecified atom stereocenters. The molecule has 1 saturated carbocycles. The van der Waals surface area contributed by atoms with E-state index in [-0.39, 0.29) is 0 Å². The van der Waals surface area contributed by atoms with Crippen LogP contribution in [0.1, 0.15) is 39.0 Å². The van der Waals surface area contributed by atoms with Crippen LogP contribution in [0.15, 0.2) is 0 Å². The van der Waals surface area contributed by atoms with Gasteiger partial charge in [-0.2, -0.15) is 0 Å². The van der Waals surface area contributed by atoms with Crippen molar-refractivity contribution in [1.82, 2.24) is 4.90 Å². The zero-order valence-electron chi connectivity index (χ0n) is 9.47. The van der Waals surface area contributed by atoms with E-state index in [1.807, 2.05) is 0 Å². The van der Waals surface area contributed by atoms with Gasteiger partial charge >= 0.3 is 0 Å². The van der Waals surface area contributed by atoms with Crippen molar-refractivity contribution < 1.29 is 0 Å². The third-order valence-electron chi connectivity index (χ3n) is 4.30. The van der Waals surface area contributed by atoms with E-state index in [9.17, 15) is 0 Å². The molecule has 0 bridgehead atoms. The van der Waals surface area contributed by atoms with Crippen molar-refractivity contribution in [1.29, 1.82) is 0 Å². The largest absolute Gasteiger partial charge is 0.330 e. The van der Waals surface area contributed by atoms with Crippen LogP contribution in [0.5, 0.6) is 0 Å². The molecule has 2 nitrogen and oxygen atoms in total. The van der Waals surface area contributed by atoms with Gasteiger partial charge in [0.1, 0.15) is 0 Å².